The first kappa shape index (κ1) is 20.2. The molecule has 0 saturated carbocycles. The van der Waals surface area contributed by atoms with E-state index in [-0.39, 0.29) is 18.3 Å². The highest BCUT2D eigenvalue weighted by molar-refractivity contribution is 5.87. The summed E-state index contributed by atoms with van der Waals surface area (Å²) < 4.78 is 19.3. The number of carbonyl (C=O) groups is 1. The minimum absolute atomic E-state index is 0.0188. The van der Waals surface area contributed by atoms with Crippen LogP contribution in [-0.2, 0) is 17.9 Å². The highest BCUT2D eigenvalue weighted by Crippen LogP contribution is 2.30. The minimum atomic E-state index is -0.320. The first-order valence-electron chi connectivity index (χ1n) is 10.6. The van der Waals surface area contributed by atoms with Crippen molar-refractivity contribution < 1.29 is 13.6 Å². The van der Waals surface area contributed by atoms with Crippen molar-refractivity contribution in [3.63, 3.8) is 0 Å². The second-order valence-electron chi connectivity index (χ2n) is 8.05. The number of nitrogens with zero attached hydrogens (tertiary/aromatic N) is 4. The van der Waals surface area contributed by atoms with Gasteiger partial charge in [0.1, 0.15) is 17.3 Å². The zero-order valence-electron chi connectivity index (χ0n) is 18.0. The molecular formula is C25H23FN4O2. The van der Waals surface area contributed by atoms with E-state index >= 15 is 0 Å². The summed E-state index contributed by atoms with van der Waals surface area (Å²) in [5, 5.41) is 0. The number of hydrogen-bond donors (Lipinski definition) is 0. The number of halogens is 1. The van der Waals surface area contributed by atoms with E-state index in [4.69, 9.17) is 4.42 Å². The fourth-order valence-corrected chi connectivity index (χ4v) is 4.12. The lowest BCUT2D eigenvalue weighted by atomic mass is 10.0. The van der Waals surface area contributed by atoms with E-state index in [1.807, 2.05) is 49.4 Å². The summed E-state index contributed by atoms with van der Waals surface area (Å²) in [7, 11) is 0. The molecule has 32 heavy (non-hydrogen) atoms. The average molecular weight is 430 g/mol. The molecule has 162 valence electrons. The van der Waals surface area contributed by atoms with Gasteiger partial charge in [-0.2, -0.15) is 0 Å². The van der Waals surface area contributed by atoms with Gasteiger partial charge in [0.05, 0.1) is 31.0 Å². The number of pyridine rings is 1. The monoisotopic (exact) mass is 430 g/mol. The number of allylic oxidation sites excluding steroid dienone is 2. The smallest absolute Gasteiger partial charge is 0.242 e. The van der Waals surface area contributed by atoms with Gasteiger partial charge in [0.2, 0.25) is 5.91 Å². The molecule has 0 bridgehead atoms. The fraction of sp³-hybridized carbons (Fsp3) is 0.240. The van der Waals surface area contributed by atoms with Crippen molar-refractivity contribution >= 4 is 17.2 Å². The topological polar surface area (TPSA) is 62.5 Å². The molecule has 1 amide bonds. The van der Waals surface area contributed by atoms with Gasteiger partial charge >= 0.3 is 0 Å². The molecule has 0 spiro atoms. The van der Waals surface area contributed by atoms with Gasteiger partial charge < -0.3 is 14.2 Å². The summed E-state index contributed by atoms with van der Waals surface area (Å²) in [5.41, 5.74) is 4.78. The molecule has 6 nitrogen and oxygen atoms in total. The molecule has 2 aliphatic rings. The summed E-state index contributed by atoms with van der Waals surface area (Å²) in [4.78, 5) is 25.7. The number of rotatable bonds is 4. The van der Waals surface area contributed by atoms with Gasteiger partial charge in [0.25, 0.3) is 0 Å². The van der Waals surface area contributed by atoms with Crippen LogP contribution < -0.4 is 0 Å². The van der Waals surface area contributed by atoms with Crippen molar-refractivity contribution in [2.24, 2.45) is 0 Å². The fourth-order valence-electron chi connectivity index (χ4n) is 4.12. The van der Waals surface area contributed by atoms with Gasteiger partial charge in [0.15, 0.2) is 5.89 Å². The average Bonchev–Trinajstić information content (AvgIpc) is 3.34. The number of benzene rings is 1. The van der Waals surface area contributed by atoms with Crippen LogP contribution in [0.3, 0.4) is 0 Å². The summed E-state index contributed by atoms with van der Waals surface area (Å²) in [6.07, 6.45) is 4.04. The summed E-state index contributed by atoms with van der Waals surface area (Å²) in [6, 6.07) is 13.1. The van der Waals surface area contributed by atoms with Crippen molar-refractivity contribution in [3.05, 3.63) is 94.7 Å². The molecule has 2 aliphatic heterocycles. The van der Waals surface area contributed by atoms with Crippen LogP contribution in [0.5, 0.6) is 0 Å². The molecule has 0 fully saturated rings. The molecule has 0 unspecified atom stereocenters. The van der Waals surface area contributed by atoms with Crippen LogP contribution in [-0.4, -0.2) is 38.8 Å². The van der Waals surface area contributed by atoms with E-state index in [1.54, 1.807) is 17.9 Å². The van der Waals surface area contributed by atoms with E-state index in [2.05, 4.69) is 14.9 Å². The van der Waals surface area contributed by atoms with Gasteiger partial charge in [-0.15, -0.1) is 0 Å². The SMILES string of the molecule is Cc1nc2c(o1)CN(C(=O)CN1CC=C(c3ccc(F)c(C)n3)C=C1c1ccccc1)C2. The lowest BCUT2D eigenvalue weighted by Gasteiger charge is -2.31. The Kier molecular flexibility index (Phi) is 5.09. The second kappa shape index (κ2) is 8.07. The molecule has 0 saturated heterocycles. The van der Waals surface area contributed by atoms with Gasteiger partial charge in [-0.05, 0) is 36.3 Å². The maximum Gasteiger partial charge on any atom is 0.242 e. The lowest BCUT2D eigenvalue weighted by Crippen LogP contribution is -2.38. The number of hydrogen-bond acceptors (Lipinski definition) is 5. The standard InChI is InChI=1S/C25H23FN4O2/c1-16-20(26)8-9-21(27-16)19-10-11-29(23(12-19)18-6-4-3-5-7-18)15-25(31)30-13-22-24(14-30)32-17(2)28-22/h3-10,12H,11,13-15H2,1-2H3. The van der Waals surface area contributed by atoms with Gasteiger partial charge in [-0.3, -0.25) is 9.78 Å². The molecule has 0 N–H and O–H groups in total. The Morgan fingerprint density at radius 2 is 1.91 bits per heavy atom. The van der Waals surface area contributed by atoms with Crippen LogP contribution in [0.1, 0.15) is 34.3 Å². The van der Waals surface area contributed by atoms with Crippen molar-refractivity contribution in [2.75, 3.05) is 13.1 Å². The summed E-state index contributed by atoms with van der Waals surface area (Å²) in [5.74, 6) is 1.10. The third-order valence-corrected chi connectivity index (χ3v) is 5.79. The largest absolute Gasteiger partial charge is 0.444 e. The quantitative estimate of drug-likeness (QED) is 0.624. The molecule has 7 heteroatoms. The van der Waals surface area contributed by atoms with Crippen LogP contribution >= 0.6 is 0 Å². The Morgan fingerprint density at radius 1 is 1.09 bits per heavy atom. The molecule has 4 heterocycles. The number of fused-ring (bicyclic) bond motifs is 1. The summed E-state index contributed by atoms with van der Waals surface area (Å²) >= 11 is 0. The third-order valence-electron chi connectivity index (χ3n) is 5.79. The number of aromatic nitrogens is 2. The zero-order valence-corrected chi connectivity index (χ0v) is 18.0. The summed E-state index contributed by atoms with van der Waals surface area (Å²) in [6.45, 7) is 5.19. The van der Waals surface area contributed by atoms with Crippen molar-refractivity contribution in [3.8, 4) is 0 Å². The Bertz CT molecular complexity index is 1220. The van der Waals surface area contributed by atoms with E-state index in [1.165, 1.54) is 6.07 Å². The number of oxazole rings is 1. The van der Waals surface area contributed by atoms with Crippen LogP contribution in [0.15, 0.2) is 59.0 Å². The number of carbonyl (C=O) groups excluding carboxylic acids is 1. The van der Waals surface area contributed by atoms with E-state index in [9.17, 15) is 9.18 Å². The van der Waals surface area contributed by atoms with E-state index in [0.717, 1.165) is 28.3 Å². The molecule has 0 radical (unpaired) electrons. The Morgan fingerprint density at radius 3 is 2.66 bits per heavy atom. The molecule has 1 aromatic carbocycles. The first-order chi connectivity index (χ1) is 15.5. The Balaban J connectivity index is 1.39. The van der Waals surface area contributed by atoms with Crippen molar-refractivity contribution in [2.45, 2.75) is 26.9 Å². The van der Waals surface area contributed by atoms with Crippen LogP contribution in [0.2, 0.25) is 0 Å². The Labute approximate surface area is 185 Å². The normalized spacial score (nSPS) is 15.5. The maximum absolute atomic E-state index is 13.7. The van der Waals surface area contributed by atoms with Crippen LogP contribution in [0, 0.1) is 19.7 Å². The molecular weight excluding hydrogens is 407 g/mol. The van der Waals surface area contributed by atoms with E-state index < -0.39 is 0 Å². The van der Waals surface area contributed by atoms with Crippen LogP contribution in [0.25, 0.3) is 11.3 Å². The van der Waals surface area contributed by atoms with Gasteiger partial charge in [0, 0.05) is 19.2 Å². The highest BCUT2D eigenvalue weighted by atomic mass is 19.1. The predicted molar refractivity (Wildman–Crippen MR) is 118 cm³/mol. The van der Waals surface area contributed by atoms with Gasteiger partial charge in [-0.1, -0.05) is 36.4 Å². The van der Waals surface area contributed by atoms with Crippen LogP contribution in [0.4, 0.5) is 4.39 Å². The first-order valence-corrected chi connectivity index (χ1v) is 10.6. The molecule has 5 rings (SSSR count). The Hall–Kier alpha value is -3.74. The number of amides is 1. The lowest BCUT2D eigenvalue weighted by molar-refractivity contribution is -0.132. The zero-order chi connectivity index (χ0) is 22.2. The third kappa shape index (κ3) is 3.82. The maximum atomic E-state index is 13.7. The molecule has 3 aromatic rings. The molecule has 0 atom stereocenters. The second-order valence-corrected chi connectivity index (χ2v) is 8.05. The predicted octanol–water partition coefficient (Wildman–Crippen LogP) is 4.11. The molecule has 2 aromatic heterocycles. The van der Waals surface area contributed by atoms with Crippen molar-refractivity contribution in [1.82, 2.24) is 19.8 Å². The van der Waals surface area contributed by atoms with E-state index in [0.29, 0.717) is 36.9 Å². The van der Waals surface area contributed by atoms with Crippen molar-refractivity contribution in [1.29, 1.82) is 0 Å². The van der Waals surface area contributed by atoms with Gasteiger partial charge in [-0.25, -0.2) is 9.37 Å². The number of aryl methyl sites for hydroxylation is 2. The highest BCUT2D eigenvalue weighted by Gasteiger charge is 2.30. The minimum Gasteiger partial charge on any atom is -0.444 e. The molecule has 0 aliphatic carbocycles.